The first-order chi connectivity index (χ1) is 7.85. The molecule has 17 heavy (non-hydrogen) atoms. The molecule has 1 rings (SSSR count). The van der Waals surface area contributed by atoms with Crippen LogP contribution in [0.25, 0.3) is 0 Å². The summed E-state index contributed by atoms with van der Waals surface area (Å²) in [4.78, 5) is 0. The van der Waals surface area contributed by atoms with Crippen molar-refractivity contribution in [2.45, 2.75) is 46.6 Å². The summed E-state index contributed by atoms with van der Waals surface area (Å²) in [7, 11) is 1.68. The topological polar surface area (TPSA) is 29.5 Å². The van der Waals surface area contributed by atoms with Crippen molar-refractivity contribution in [2.24, 2.45) is 5.41 Å². The van der Waals surface area contributed by atoms with Crippen LogP contribution in [0.1, 0.15) is 51.3 Å². The van der Waals surface area contributed by atoms with E-state index in [9.17, 15) is 5.11 Å². The summed E-state index contributed by atoms with van der Waals surface area (Å²) in [5.74, 6) is 0.882. The van der Waals surface area contributed by atoms with Gasteiger partial charge in [0.15, 0.2) is 0 Å². The molecule has 0 aromatic heterocycles. The van der Waals surface area contributed by atoms with Gasteiger partial charge in [-0.3, -0.25) is 0 Å². The molecule has 1 N–H and O–H groups in total. The van der Waals surface area contributed by atoms with Crippen LogP contribution in [0.15, 0.2) is 18.2 Å². The van der Waals surface area contributed by atoms with E-state index in [1.165, 1.54) is 0 Å². The van der Waals surface area contributed by atoms with Gasteiger partial charge in [0.25, 0.3) is 0 Å². The highest BCUT2D eigenvalue weighted by Gasteiger charge is 2.16. The number of aliphatic hydroxyl groups excluding tert-OH is 1. The molecule has 1 aromatic rings. The standard InChI is InChI=1S/C15H24O2/c1-11(16)12-7-6-8-14(17-5)13(12)9-10-15(2,3)4/h6-8,11,16H,9-10H2,1-5H3. The molecule has 0 aliphatic rings. The molecule has 2 heteroatoms. The second-order valence-electron chi connectivity index (χ2n) is 5.76. The summed E-state index contributed by atoms with van der Waals surface area (Å²) in [6, 6.07) is 5.87. The molecule has 0 radical (unpaired) electrons. The van der Waals surface area contributed by atoms with Crippen LogP contribution < -0.4 is 4.74 Å². The van der Waals surface area contributed by atoms with Crippen molar-refractivity contribution in [3.8, 4) is 5.75 Å². The van der Waals surface area contributed by atoms with Crippen LogP contribution in [0.2, 0.25) is 0 Å². The van der Waals surface area contributed by atoms with Crippen LogP contribution in [0.4, 0.5) is 0 Å². The Hall–Kier alpha value is -1.02. The van der Waals surface area contributed by atoms with E-state index >= 15 is 0 Å². The molecule has 2 nitrogen and oxygen atoms in total. The van der Waals surface area contributed by atoms with E-state index in [-0.39, 0.29) is 5.41 Å². The highest BCUT2D eigenvalue weighted by molar-refractivity contribution is 5.41. The maximum absolute atomic E-state index is 9.80. The molecule has 0 saturated heterocycles. The van der Waals surface area contributed by atoms with Gasteiger partial charge in [0.2, 0.25) is 0 Å². The molecule has 0 spiro atoms. The largest absolute Gasteiger partial charge is 0.496 e. The lowest BCUT2D eigenvalue weighted by Gasteiger charge is -2.21. The van der Waals surface area contributed by atoms with Crippen molar-refractivity contribution < 1.29 is 9.84 Å². The predicted molar refractivity (Wildman–Crippen MR) is 71.4 cm³/mol. The fourth-order valence-electron chi connectivity index (χ4n) is 1.93. The van der Waals surface area contributed by atoms with Gasteiger partial charge in [0.1, 0.15) is 5.75 Å². The van der Waals surface area contributed by atoms with Gasteiger partial charge in [-0.25, -0.2) is 0 Å². The molecular weight excluding hydrogens is 212 g/mol. The second-order valence-corrected chi connectivity index (χ2v) is 5.76. The Labute approximate surface area is 105 Å². The fraction of sp³-hybridized carbons (Fsp3) is 0.600. The Kier molecular flexibility index (Phi) is 4.58. The summed E-state index contributed by atoms with van der Waals surface area (Å²) in [5.41, 5.74) is 2.41. The van der Waals surface area contributed by atoms with Gasteiger partial charge in [0.05, 0.1) is 13.2 Å². The lowest BCUT2D eigenvalue weighted by atomic mass is 9.86. The number of methoxy groups -OCH3 is 1. The minimum Gasteiger partial charge on any atom is -0.496 e. The maximum Gasteiger partial charge on any atom is 0.122 e. The van der Waals surface area contributed by atoms with Gasteiger partial charge in [-0.15, -0.1) is 0 Å². The van der Waals surface area contributed by atoms with Crippen LogP contribution in [0, 0.1) is 5.41 Å². The van der Waals surface area contributed by atoms with Gasteiger partial charge in [-0.2, -0.15) is 0 Å². The summed E-state index contributed by atoms with van der Waals surface area (Å²) >= 11 is 0. The Morgan fingerprint density at radius 1 is 1.29 bits per heavy atom. The highest BCUT2D eigenvalue weighted by atomic mass is 16.5. The lowest BCUT2D eigenvalue weighted by Crippen LogP contribution is -2.09. The first-order valence-electron chi connectivity index (χ1n) is 6.19. The van der Waals surface area contributed by atoms with E-state index in [1.54, 1.807) is 14.0 Å². The molecule has 1 unspecified atom stereocenters. The van der Waals surface area contributed by atoms with Crippen LogP contribution >= 0.6 is 0 Å². The minimum atomic E-state index is -0.444. The van der Waals surface area contributed by atoms with E-state index in [1.807, 2.05) is 18.2 Å². The summed E-state index contributed by atoms with van der Waals surface area (Å²) < 4.78 is 5.39. The molecule has 0 bridgehead atoms. The normalized spacial score (nSPS) is 13.5. The summed E-state index contributed by atoms with van der Waals surface area (Å²) in [6.07, 6.45) is 1.57. The SMILES string of the molecule is COc1cccc(C(C)O)c1CCC(C)(C)C. The van der Waals surface area contributed by atoms with E-state index in [2.05, 4.69) is 20.8 Å². The molecule has 1 aromatic carbocycles. The van der Waals surface area contributed by atoms with E-state index in [0.717, 1.165) is 29.7 Å². The van der Waals surface area contributed by atoms with Crippen LogP contribution in [0.5, 0.6) is 5.75 Å². The Morgan fingerprint density at radius 3 is 2.41 bits per heavy atom. The molecule has 1 atom stereocenters. The third-order valence-corrected chi connectivity index (χ3v) is 2.96. The van der Waals surface area contributed by atoms with Crippen molar-refractivity contribution in [1.82, 2.24) is 0 Å². The summed E-state index contributed by atoms with van der Waals surface area (Å²) in [6.45, 7) is 8.48. The molecular formula is C15H24O2. The minimum absolute atomic E-state index is 0.289. The third-order valence-electron chi connectivity index (χ3n) is 2.96. The lowest BCUT2D eigenvalue weighted by molar-refractivity contribution is 0.197. The quantitative estimate of drug-likeness (QED) is 0.863. The maximum atomic E-state index is 9.80. The third kappa shape index (κ3) is 4.04. The molecule has 0 aliphatic heterocycles. The smallest absolute Gasteiger partial charge is 0.122 e. The zero-order chi connectivity index (χ0) is 13.1. The number of hydrogen-bond donors (Lipinski definition) is 1. The average Bonchev–Trinajstić information content (AvgIpc) is 2.24. The number of rotatable bonds is 4. The first kappa shape index (κ1) is 14.0. The number of ether oxygens (including phenoxy) is 1. The number of aliphatic hydroxyl groups is 1. The first-order valence-corrected chi connectivity index (χ1v) is 6.19. The van der Waals surface area contributed by atoms with E-state index < -0.39 is 6.10 Å². The van der Waals surface area contributed by atoms with E-state index in [0.29, 0.717) is 0 Å². The molecule has 96 valence electrons. The van der Waals surface area contributed by atoms with Crippen LogP contribution in [0.3, 0.4) is 0 Å². The van der Waals surface area contributed by atoms with Gasteiger partial charge in [-0.05, 0) is 42.4 Å². The van der Waals surface area contributed by atoms with E-state index in [4.69, 9.17) is 4.74 Å². The molecule has 0 amide bonds. The Morgan fingerprint density at radius 2 is 1.94 bits per heavy atom. The van der Waals surface area contributed by atoms with Crippen LogP contribution in [-0.2, 0) is 6.42 Å². The van der Waals surface area contributed by atoms with Crippen molar-refractivity contribution in [3.05, 3.63) is 29.3 Å². The van der Waals surface area contributed by atoms with Crippen molar-refractivity contribution >= 4 is 0 Å². The van der Waals surface area contributed by atoms with Crippen molar-refractivity contribution in [1.29, 1.82) is 0 Å². The second kappa shape index (κ2) is 5.54. The predicted octanol–water partition coefficient (Wildman–Crippen LogP) is 3.73. The molecule has 0 heterocycles. The zero-order valence-corrected chi connectivity index (χ0v) is 11.6. The molecule has 0 fully saturated rings. The van der Waals surface area contributed by atoms with Gasteiger partial charge >= 0.3 is 0 Å². The van der Waals surface area contributed by atoms with Crippen molar-refractivity contribution in [2.75, 3.05) is 7.11 Å². The monoisotopic (exact) mass is 236 g/mol. The van der Waals surface area contributed by atoms with Gasteiger partial charge in [0, 0.05) is 0 Å². The summed E-state index contributed by atoms with van der Waals surface area (Å²) in [5, 5.41) is 9.80. The highest BCUT2D eigenvalue weighted by Crippen LogP contribution is 2.31. The number of benzene rings is 1. The number of hydrogen-bond acceptors (Lipinski definition) is 2. The molecule has 0 aliphatic carbocycles. The average molecular weight is 236 g/mol. The van der Waals surface area contributed by atoms with Gasteiger partial charge in [-0.1, -0.05) is 32.9 Å². The zero-order valence-electron chi connectivity index (χ0n) is 11.6. The van der Waals surface area contributed by atoms with Gasteiger partial charge < -0.3 is 9.84 Å². The molecule has 0 saturated carbocycles. The Bertz CT molecular complexity index is 362. The Balaban J connectivity index is 3.01. The van der Waals surface area contributed by atoms with Crippen molar-refractivity contribution in [3.63, 3.8) is 0 Å². The fourth-order valence-corrected chi connectivity index (χ4v) is 1.93. The van der Waals surface area contributed by atoms with Crippen LogP contribution in [-0.4, -0.2) is 12.2 Å².